The number of hydrogen-bond acceptors (Lipinski definition) is 4. The third kappa shape index (κ3) is 4.17. The molecule has 20 heavy (non-hydrogen) atoms. The number of carboxylic acids is 1. The molecule has 0 heterocycles. The maximum atomic E-state index is 11.7. The Hall–Kier alpha value is -0.650. The lowest BCUT2D eigenvalue weighted by molar-refractivity contribution is -0.147. The second-order valence-electron chi connectivity index (χ2n) is 6.34. The van der Waals surface area contributed by atoms with E-state index in [0.29, 0.717) is 19.7 Å². The highest BCUT2D eigenvalue weighted by molar-refractivity contribution is 5.80. The van der Waals surface area contributed by atoms with Crippen LogP contribution in [0, 0.1) is 11.8 Å². The fourth-order valence-corrected chi connectivity index (χ4v) is 2.80. The quantitative estimate of drug-likeness (QED) is 0.558. The zero-order valence-electron chi connectivity index (χ0n) is 12.7. The van der Waals surface area contributed by atoms with Gasteiger partial charge >= 0.3 is 5.97 Å². The lowest BCUT2D eigenvalue weighted by atomic mass is 9.92. The van der Waals surface area contributed by atoms with Crippen LogP contribution in [0.1, 0.15) is 32.6 Å². The number of carbonyl (C=O) groups is 1. The van der Waals surface area contributed by atoms with E-state index in [2.05, 4.69) is 10.2 Å². The van der Waals surface area contributed by atoms with E-state index in [-0.39, 0.29) is 5.92 Å². The minimum atomic E-state index is -0.778. The Balaban J connectivity index is 1.77. The molecular weight excluding hydrogens is 256 g/mol. The smallest absolute Gasteiger partial charge is 0.325 e. The van der Waals surface area contributed by atoms with Crippen molar-refractivity contribution in [2.24, 2.45) is 11.8 Å². The van der Waals surface area contributed by atoms with Crippen LogP contribution in [0.4, 0.5) is 0 Å². The van der Waals surface area contributed by atoms with Crippen molar-refractivity contribution in [3.63, 3.8) is 0 Å². The minimum Gasteiger partial charge on any atom is -0.480 e. The van der Waals surface area contributed by atoms with Crippen LogP contribution in [-0.4, -0.2) is 61.4 Å². The topological polar surface area (TPSA) is 61.8 Å². The minimum absolute atomic E-state index is 0.273. The molecule has 0 amide bonds. The van der Waals surface area contributed by atoms with Crippen molar-refractivity contribution < 1.29 is 14.6 Å². The van der Waals surface area contributed by atoms with E-state index < -0.39 is 11.5 Å². The van der Waals surface area contributed by atoms with Crippen LogP contribution >= 0.6 is 0 Å². The molecule has 2 aliphatic carbocycles. The zero-order valence-corrected chi connectivity index (χ0v) is 12.7. The van der Waals surface area contributed by atoms with Crippen LogP contribution in [0.15, 0.2) is 0 Å². The van der Waals surface area contributed by atoms with Gasteiger partial charge in [-0.05, 0) is 51.1 Å². The van der Waals surface area contributed by atoms with Crippen molar-refractivity contribution in [3.05, 3.63) is 0 Å². The first-order valence-corrected chi connectivity index (χ1v) is 7.83. The van der Waals surface area contributed by atoms with Crippen LogP contribution < -0.4 is 5.32 Å². The van der Waals surface area contributed by atoms with Gasteiger partial charge < -0.3 is 20.1 Å². The Labute approximate surface area is 121 Å². The summed E-state index contributed by atoms with van der Waals surface area (Å²) >= 11 is 0. The largest absolute Gasteiger partial charge is 0.480 e. The van der Waals surface area contributed by atoms with Crippen LogP contribution in [0.2, 0.25) is 0 Å². The Kier molecular flexibility index (Phi) is 5.41. The summed E-state index contributed by atoms with van der Waals surface area (Å²) in [5.74, 6) is 0.342. The molecule has 0 bridgehead atoms. The molecule has 0 aliphatic heterocycles. The molecular formula is C15H28N2O3. The number of likely N-dealkylation sites (N-methyl/N-ethyl adjacent to an activating group) is 2. The first-order chi connectivity index (χ1) is 9.58. The maximum Gasteiger partial charge on any atom is 0.325 e. The molecule has 2 fully saturated rings. The number of aliphatic carboxylic acids is 1. The van der Waals surface area contributed by atoms with Gasteiger partial charge in [0.05, 0.1) is 6.61 Å². The van der Waals surface area contributed by atoms with Crippen molar-refractivity contribution in [2.75, 3.05) is 39.9 Å². The molecule has 0 spiro atoms. The molecule has 5 nitrogen and oxygen atoms in total. The van der Waals surface area contributed by atoms with Gasteiger partial charge in [-0.1, -0.05) is 6.92 Å². The van der Waals surface area contributed by atoms with E-state index in [1.165, 1.54) is 12.8 Å². The standard InChI is InChI=1S/C15H28N2O3/c1-3-16-15(14(18)19,13-6-7-13)11-17(2)8-9-20-10-12-4-5-12/h12-13,16H,3-11H2,1-2H3,(H,18,19). The van der Waals surface area contributed by atoms with E-state index in [4.69, 9.17) is 4.74 Å². The second-order valence-corrected chi connectivity index (χ2v) is 6.34. The highest BCUT2D eigenvalue weighted by Gasteiger charge is 2.51. The molecule has 0 aromatic carbocycles. The molecule has 2 rings (SSSR count). The molecule has 0 aromatic heterocycles. The average molecular weight is 284 g/mol. The lowest BCUT2D eigenvalue weighted by Gasteiger charge is -2.34. The van der Waals surface area contributed by atoms with E-state index >= 15 is 0 Å². The molecule has 0 aromatic rings. The van der Waals surface area contributed by atoms with Gasteiger partial charge in [0.15, 0.2) is 0 Å². The van der Waals surface area contributed by atoms with Gasteiger partial charge in [-0.25, -0.2) is 0 Å². The monoisotopic (exact) mass is 284 g/mol. The molecule has 116 valence electrons. The Morgan fingerprint density at radius 3 is 2.60 bits per heavy atom. The number of carboxylic acid groups (broad SMARTS) is 1. The van der Waals surface area contributed by atoms with Crippen molar-refractivity contribution in [2.45, 2.75) is 38.1 Å². The number of rotatable bonds is 11. The van der Waals surface area contributed by atoms with Crippen LogP contribution in [-0.2, 0) is 9.53 Å². The summed E-state index contributed by atoms with van der Waals surface area (Å²) in [4.78, 5) is 13.8. The first kappa shape index (κ1) is 15.7. The Bertz CT molecular complexity index is 329. The summed E-state index contributed by atoms with van der Waals surface area (Å²) < 4.78 is 5.63. The molecule has 5 heteroatoms. The van der Waals surface area contributed by atoms with Crippen molar-refractivity contribution in [1.82, 2.24) is 10.2 Å². The Morgan fingerprint density at radius 2 is 2.10 bits per heavy atom. The predicted octanol–water partition coefficient (Wildman–Crippen LogP) is 1.19. The van der Waals surface area contributed by atoms with E-state index in [0.717, 1.165) is 31.9 Å². The summed E-state index contributed by atoms with van der Waals surface area (Å²) in [6, 6.07) is 0. The van der Waals surface area contributed by atoms with Gasteiger partial charge in [-0.15, -0.1) is 0 Å². The third-order valence-electron chi connectivity index (χ3n) is 4.34. The Morgan fingerprint density at radius 1 is 1.40 bits per heavy atom. The number of hydrogen-bond donors (Lipinski definition) is 2. The first-order valence-electron chi connectivity index (χ1n) is 7.83. The van der Waals surface area contributed by atoms with Gasteiger partial charge in [0.2, 0.25) is 0 Å². The van der Waals surface area contributed by atoms with E-state index in [1.807, 2.05) is 14.0 Å². The fourth-order valence-electron chi connectivity index (χ4n) is 2.80. The average Bonchev–Trinajstić information content (AvgIpc) is 3.27. The molecule has 1 atom stereocenters. The zero-order chi connectivity index (χ0) is 14.6. The van der Waals surface area contributed by atoms with Gasteiger partial charge in [0, 0.05) is 19.7 Å². The van der Waals surface area contributed by atoms with Gasteiger partial charge in [-0.3, -0.25) is 4.79 Å². The summed E-state index contributed by atoms with van der Waals surface area (Å²) in [7, 11) is 1.98. The summed E-state index contributed by atoms with van der Waals surface area (Å²) in [6.07, 6.45) is 4.65. The lowest BCUT2D eigenvalue weighted by Crippen LogP contribution is -2.60. The molecule has 2 N–H and O–H groups in total. The third-order valence-corrected chi connectivity index (χ3v) is 4.34. The molecule has 0 radical (unpaired) electrons. The summed E-state index contributed by atoms with van der Waals surface area (Å²) in [5.41, 5.74) is -0.778. The van der Waals surface area contributed by atoms with Crippen LogP contribution in [0.3, 0.4) is 0 Å². The van der Waals surface area contributed by atoms with Gasteiger partial charge in [-0.2, -0.15) is 0 Å². The van der Waals surface area contributed by atoms with Gasteiger partial charge in [0.25, 0.3) is 0 Å². The molecule has 1 unspecified atom stereocenters. The van der Waals surface area contributed by atoms with Crippen molar-refractivity contribution in [3.8, 4) is 0 Å². The molecule has 2 saturated carbocycles. The number of nitrogens with zero attached hydrogens (tertiary/aromatic N) is 1. The van der Waals surface area contributed by atoms with Crippen molar-refractivity contribution in [1.29, 1.82) is 0 Å². The SMILES string of the molecule is CCNC(CN(C)CCOCC1CC1)(C(=O)O)C1CC1. The highest BCUT2D eigenvalue weighted by atomic mass is 16.5. The maximum absolute atomic E-state index is 11.7. The number of ether oxygens (including phenoxy) is 1. The van der Waals surface area contributed by atoms with Crippen LogP contribution in [0.5, 0.6) is 0 Å². The van der Waals surface area contributed by atoms with E-state index in [1.54, 1.807) is 0 Å². The fraction of sp³-hybridized carbons (Fsp3) is 0.933. The molecule has 0 saturated heterocycles. The van der Waals surface area contributed by atoms with Gasteiger partial charge in [0.1, 0.15) is 5.54 Å². The second kappa shape index (κ2) is 6.87. The van der Waals surface area contributed by atoms with Crippen molar-refractivity contribution >= 4 is 5.97 Å². The predicted molar refractivity (Wildman–Crippen MR) is 77.8 cm³/mol. The van der Waals surface area contributed by atoms with Crippen LogP contribution in [0.25, 0.3) is 0 Å². The number of nitrogens with one attached hydrogen (secondary N) is 1. The normalized spacial score (nSPS) is 21.9. The summed E-state index contributed by atoms with van der Waals surface area (Å²) in [6.45, 7) is 5.56. The van der Waals surface area contributed by atoms with E-state index in [9.17, 15) is 9.90 Å². The highest BCUT2D eigenvalue weighted by Crippen LogP contribution is 2.40. The summed E-state index contributed by atoms with van der Waals surface area (Å²) in [5, 5.41) is 12.9. The molecule has 2 aliphatic rings.